The molecule has 3 N–H and O–H groups in total. The third-order valence-electron chi connectivity index (χ3n) is 8.66. The Bertz CT molecular complexity index is 926. The average Bonchev–Trinajstić information content (AvgIpc) is 3.17. The predicted molar refractivity (Wildman–Crippen MR) is 113 cm³/mol. The van der Waals surface area contributed by atoms with Crippen LogP contribution < -0.4 is 10.6 Å². The molecule has 5 aliphatic rings. The van der Waals surface area contributed by atoms with Gasteiger partial charge >= 0.3 is 6.09 Å². The second kappa shape index (κ2) is 7.11. The summed E-state index contributed by atoms with van der Waals surface area (Å²) in [6.07, 6.45) is 6.10. The van der Waals surface area contributed by atoms with Crippen molar-refractivity contribution in [2.45, 2.75) is 50.6 Å². The molecule has 2 amide bonds. The normalized spacial score (nSPS) is 38.1. The van der Waals surface area contributed by atoms with Crippen molar-refractivity contribution in [3.05, 3.63) is 23.9 Å². The van der Waals surface area contributed by atoms with E-state index in [0.717, 1.165) is 44.3 Å². The SMILES string of the molecule is CN(c1ccc(C#N)cn1)C1CCN(C(=O)O)C1C1[C@@H]2CC3C[C@H]1CC(C(N)=O)(C3)C2. The van der Waals surface area contributed by atoms with Crippen LogP contribution in [-0.4, -0.2) is 52.7 Å². The summed E-state index contributed by atoms with van der Waals surface area (Å²) in [7, 11) is 1.97. The maximum Gasteiger partial charge on any atom is 0.407 e. The fraction of sp³-hybridized carbons (Fsp3) is 0.652. The number of nitrogens with zero attached hydrogens (tertiary/aromatic N) is 4. The predicted octanol–water partition coefficient (Wildman–Crippen LogP) is 2.44. The molecule has 7 atom stereocenters. The number of likely N-dealkylation sites (tertiary alicyclic amines) is 1. The van der Waals surface area contributed by atoms with Crippen molar-refractivity contribution in [2.24, 2.45) is 34.8 Å². The fourth-order valence-electron chi connectivity index (χ4n) is 7.66. The molecule has 5 unspecified atom stereocenters. The number of carbonyl (C=O) groups is 2. The summed E-state index contributed by atoms with van der Waals surface area (Å²) in [5.41, 5.74) is 5.98. The first-order valence-electron chi connectivity index (χ1n) is 11.2. The van der Waals surface area contributed by atoms with Crippen molar-refractivity contribution >= 4 is 17.8 Å². The lowest BCUT2D eigenvalue weighted by Gasteiger charge is -2.61. The van der Waals surface area contributed by atoms with Crippen LogP contribution in [0.15, 0.2) is 18.3 Å². The molecule has 1 aromatic heterocycles. The van der Waals surface area contributed by atoms with Gasteiger partial charge in [-0.3, -0.25) is 4.79 Å². The molecule has 4 aliphatic carbocycles. The number of hydrogen-bond donors (Lipinski definition) is 2. The Labute approximate surface area is 182 Å². The molecule has 1 saturated heterocycles. The van der Waals surface area contributed by atoms with E-state index in [2.05, 4.69) is 16.0 Å². The number of carbonyl (C=O) groups excluding carboxylic acids is 1. The monoisotopic (exact) mass is 423 g/mol. The van der Waals surface area contributed by atoms with E-state index in [9.17, 15) is 14.7 Å². The van der Waals surface area contributed by atoms with Crippen molar-refractivity contribution in [1.29, 1.82) is 5.26 Å². The van der Waals surface area contributed by atoms with Gasteiger partial charge in [-0.1, -0.05) is 0 Å². The Morgan fingerprint density at radius 2 is 2.00 bits per heavy atom. The van der Waals surface area contributed by atoms with Gasteiger partial charge in [0.25, 0.3) is 0 Å². The summed E-state index contributed by atoms with van der Waals surface area (Å²) in [5, 5.41) is 19.1. The maximum absolute atomic E-state index is 12.3. The number of rotatable bonds is 4. The molecule has 1 aliphatic heterocycles. The van der Waals surface area contributed by atoms with E-state index in [1.54, 1.807) is 17.2 Å². The van der Waals surface area contributed by atoms with Crippen LogP contribution in [0.25, 0.3) is 0 Å². The maximum atomic E-state index is 12.3. The number of amides is 2. The molecule has 4 saturated carbocycles. The van der Waals surface area contributed by atoms with E-state index < -0.39 is 6.09 Å². The summed E-state index contributed by atoms with van der Waals surface area (Å²) >= 11 is 0. The van der Waals surface area contributed by atoms with Gasteiger partial charge < -0.3 is 20.6 Å². The lowest BCUT2D eigenvalue weighted by molar-refractivity contribution is -0.154. The Hall–Kier alpha value is -2.82. The highest BCUT2D eigenvalue weighted by atomic mass is 16.4. The van der Waals surface area contributed by atoms with Crippen LogP contribution in [-0.2, 0) is 4.79 Å². The number of pyridine rings is 1. The molecule has 5 fully saturated rings. The van der Waals surface area contributed by atoms with Gasteiger partial charge in [-0.15, -0.1) is 0 Å². The van der Waals surface area contributed by atoms with Gasteiger partial charge in [-0.05, 0) is 74.3 Å². The molecule has 1 aromatic rings. The van der Waals surface area contributed by atoms with Crippen LogP contribution in [0.1, 0.15) is 44.1 Å². The highest BCUT2D eigenvalue weighted by Gasteiger charge is 2.61. The van der Waals surface area contributed by atoms with Gasteiger partial charge in [-0.25, -0.2) is 9.78 Å². The van der Waals surface area contributed by atoms with Crippen molar-refractivity contribution in [3.8, 4) is 6.07 Å². The number of aromatic nitrogens is 1. The number of anilines is 1. The molecular formula is C23H29N5O3. The number of hydrogen-bond acceptors (Lipinski definition) is 5. The van der Waals surface area contributed by atoms with E-state index in [1.807, 2.05) is 13.1 Å². The topological polar surface area (TPSA) is 124 Å². The Morgan fingerprint density at radius 1 is 1.29 bits per heavy atom. The van der Waals surface area contributed by atoms with Gasteiger partial charge in [0.15, 0.2) is 0 Å². The lowest BCUT2D eigenvalue weighted by Crippen LogP contribution is -2.62. The largest absolute Gasteiger partial charge is 0.465 e. The highest BCUT2D eigenvalue weighted by molar-refractivity contribution is 5.81. The first-order chi connectivity index (χ1) is 14.8. The van der Waals surface area contributed by atoms with Crippen molar-refractivity contribution < 1.29 is 14.7 Å². The van der Waals surface area contributed by atoms with Crippen LogP contribution in [0.4, 0.5) is 10.6 Å². The zero-order valence-electron chi connectivity index (χ0n) is 17.8. The Balaban J connectivity index is 1.47. The van der Waals surface area contributed by atoms with Gasteiger partial charge in [-0.2, -0.15) is 5.26 Å². The van der Waals surface area contributed by atoms with Crippen LogP contribution >= 0.6 is 0 Å². The summed E-state index contributed by atoms with van der Waals surface area (Å²) in [6, 6.07) is 5.56. The third-order valence-corrected chi connectivity index (χ3v) is 8.66. The minimum Gasteiger partial charge on any atom is -0.465 e. The van der Waals surface area contributed by atoms with Gasteiger partial charge in [0.1, 0.15) is 11.9 Å². The Morgan fingerprint density at radius 3 is 2.55 bits per heavy atom. The van der Waals surface area contributed by atoms with E-state index in [-0.39, 0.29) is 29.3 Å². The molecule has 0 spiro atoms. The minimum absolute atomic E-state index is 0.0172. The first kappa shape index (κ1) is 20.1. The molecule has 6 rings (SSSR count). The molecule has 8 nitrogen and oxygen atoms in total. The molecule has 0 aromatic carbocycles. The van der Waals surface area contributed by atoms with Crippen LogP contribution in [0.5, 0.6) is 0 Å². The molecule has 0 radical (unpaired) electrons. The summed E-state index contributed by atoms with van der Waals surface area (Å²) in [4.78, 5) is 32.7. The van der Waals surface area contributed by atoms with E-state index in [0.29, 0.717) is 29.9 Å². The van der Waals surface area contributed by atoms with Gasteiger partial charge in [0.05, 0.1) is 17.6 Å². The molecule has 31 heavy (non-hydrogen) atoms. The zero-order valence-corrected chi connectivity index (χ0v) is 17.8. The highest BCUT2D eigenvalue weighted by Crippen LogP contribution is 2.63. The van der Waals surface area contributed by atoms with E-state index in [4.69, 9.17) is 11.0 Å². The van der Waals surface area contributed by atoms with Gasteiger partial charge in [0.2, 0.25) is 5.91 Å². The summed E-state index contributed by atoms with van der Waals surface area (Å²) < 4.78 is 0. The fourth-order valence-corrected chi connectivity index (χ4v) is 7.66. The summed E-state index contributed by atoms with van der Waals surface area (Å²) in [6.45, 7) is 0.506. The van der Waals surface area contributed by atoms with Crippen molar-refractivity contribution in [3.63, 3.8) is 0 Å². The number of primary amides is 1. The quantitative estimate of drug-likeness (QED) is 0.767. The average molecular weight is 424 g/mol. The molecular weight excluding hydrogens is 394 g/mol. The van der Waals surface area contributed by atoms with Crippen LogP contribution in [0.2, 0.25) is 0 Å². The molecule has 164 valence electrons. The second-order valence-electron chi connectivity index (χ2n) is 10.1. The van der Waals surface area contributed by atoms with E-state index >= 15 is 0 Å². The second-order valence-corrected chi connectivity index (χ2v) is 10.1. The number of nitrogens with two attached hydrogens (primary N) is 1. The Kier molecular flexibility index (Phi) is 4.61. The molecule has 4 bridgehead atoms. The number of carboxylic acid groups (broad SMARTS) is 1. The minimum atomic E-state index is -0.868. The number of likely N-dealkylation sites (N-methyl/N-ethyl adjacent to an activating group) is 1. The number of nitriles is 1. The lowest BCUT2D eigenvalue weighted by atomic mass is 9.44. The van der Waals surface area contributed by atoms with Crippen molar-refractivity contribution in [1.82, 2.24) is 9.88 Å². The first-order valence-corrected chi connectivity index (χ1v) is 11.2. The summed E-state index contributed by atoms with van der Waals surface area (Å²) in [5.74, 6) is 2.05. The van der Waals surface area contributed by atoms with Crippen LogP contribution in [0, 0.1) is 40.4 Å². The molecule has 2 heterocycles. The smallest absolute Gasteiger partial charge is 0.407 e. The zero-order chi connectivity index (χ0) is 21.9. The standard InChI is InChI=1S/C23H29N5O3/c1-27(18-3-2-13(11-24)12-26-18)17-4-5-28(22(30)31)20(17)19-15-6-14-7-16(19)10-23(8-14,9-15)21(25)29/h2-3,12,14-17,19-20H,4-10H2,1H3,(H2,25,29)(H,30,31)/t14?,15-,16+,17?,19?,20?,23?. The molecule has 8 heteroatoms. The third kappa shape index (κ3) is 3.05. The van der Waals surface area contributed by atoms with E-state index in [1.165, 1.54) is 0 Å². The van der Waals surface area contributed by atoms with Gasteiger partial charge in [0, 0.05) is 25.2 Å². The van der Waals surface area contributed by atoms with Crippen molar-refractivity contribution in [2.75, 3.05) is 18.5 Å². The van der Waals surface area contributed by atoms with Crippen LogP contribution in [0.3, 0.4) is 0 Å².